The summed E-state index contributed by atoms with van der Waals surface area (Å²) in [4.78, 5) is 14.6. The highest BCUT2D eigenvalue weighted by Gasteiger charge is 2.41. The minimum absolute atomic E-state index is 0.0437. The molecular formula is C23H27N3O5S2. The van der Waals surface area contributed by atoms with E-state index in [1.54, 1.807) is 29.2 Å². The Morgan fingerprint density at radius 3 is 1.48 bits per heavy atom. The summed E-state index contributed by atoms with van der Waals surface area (Å²) in [7, 11) is -8.14. The van der Waals surface area contributed by atoms with E-state index in [0.717, 1.165) is 38.7 Å². The standard InChI is InChI=1S/C23H27N3O5S2/c1-18-5-9-20(10-6-18)32(28,29)25-15-16-26(22(25)17-23(27)24-13-3-4-14-24)33(30,31)21-11-7-19(2)8-12-21/h5-12,17H,3-4,13-16H2,1-2H3. The molecule has 2 heterocycles. The topological polar surface area (TPSA) is 95.1 Å². The third kappa shape index (κ3) is 4.49. The zero-order chi connectivity index (χ0) is 23.8. The number of hydrogen-bond acceptors (Lipinski definition) is 5. The minimum atomic E-state index is -4.07. The van der Waals surface area contributed by atoms with Gasteiger partial charge in [-0.25, -0.2) is 25.4 Å². The number of sulfonamides is 2. The van der Waals surface area contributed by atoms with E-state index in [2.05, 4.69) is 0 Å². The summed E-state index contributed by atoms with van der Waals surface area (Å²) in [5.74, 6) is -0.536. The second kappa shape index (κ2) is 8.83. The molecule has 176 valence electrons. The molecule has 10 heteroatoms. The Bertz CT molecular complexity index is 1190. The lowest BCUT2D eigenvalue weighted by molar-refractivity contribution is -0.125. The molecule has 8 nitrogen and oxygen atoms in total. The van der Waals surface area contributed by atoms with Crippen molar-refractivity contribution in [2.45, 2.75) is 36.5 Å². The third-order valence-corrected chi connectivity index (χ3v) is 9.54. The molecule has 2 fully saturated rings. The molecule has 2 aromatic carbocycles. The van der Waals surface area contributed by atoms with Crippen LogP contribution in [0.4, 0.5) is 0 Å². The molecule has 2 aliphatic heterocycles. The molecule has 4 rings (SSSR count). The number of likely N-dealkylation sites (tertiary alicyclic amines) is 1. The van der Waals surface area contributed by atoms with E-state index in [1.165, 1.54) is 24.3 Å². The van der Waals surface area contributed by atoms with Crippen molar-refractivity contribution < 1.29 is 21.6 Å². The summed E-state index contributed by atoms with van der Waals surface area (Å²) < 4.78 is 55.9. The van der Waals surface area contributed by atoms with Crippen molar-refractivity contribution in [2.24, 2.45) is 0 Å². The van der Waals surface area contributed by atoms with Gasteiger partial charge in [-0.3, -0.25) is 4.79 Å². The van der Waals surface area contributed by atoms with Crippen LogP contribution in [0.15, 0.2) is 70.2 Å². The molecular weight excluding hydrogens is 462 g/mol. The maximum atomic E-state index is 13.5. The number of nitrogens with zero attached hydrogens (tertiary/aromatic N) is 3. The molecule has 2 aliphatic rings. The van der Waals surface area contributed by atoms with E-state index in [4.69, 9.17) is 0 Å². The first-order valence-electron chi connectivity index (χ1n) is 10.8. The Hall–Kier alpha value is -2.85. The Morgan fingerprint density at radius 2 is 1.09 bits per heavy atom. The van der Waals surface area contributed by atoms with E-state index in [-0.39, 0.29) is 28.7 Å². The molecule has 0 spiro atoms. The first-order chi connectivity index (χ1) is 15.6. The maximum Gasteiger partial charge on any atom is 0.265 e. The van der Waals surface area contributed by atoms with Crippen LogP contribution in [0, 0.1) is 13.8 Å². The molecule has 0 saturated carbocycles. The number of aryl methyl sites for hydroxylation is 2. The predicted molar refractivity (Wildman–Crippen MR) is 124 cm³/mol. The highest BCUT2D eigenvalue weighted by molar-refractivity contribution is 7.90. The van der Waals surface area contributed by atoms with Gasteiger partial charge in [0.15, 0.2) is 0 Å². The molecule has 0 unspecified atom stereocenters. The lowest BCUT2D eigenvalue weighted by Crippen LogP contribution is -2.34. The van der Waals surface area contributed by atoms with E-state index in [1.807, 2.05) is 13.8 Å². The fourth-order valence-electron chi connectivity index (χ4n) is 3.98. The highest BCUT2D eigenvalue weighted by Crippen LogP contribution is 2.32. The summed E-state index contributed by atoms with van der Waals surface area (Å²) in [5.41, 5.74) is 1.80. The summed E-state index contributed by atoms with van der Waals surface area (Å²) in [6, 6.07) is 12.7. The summed E-state index contributed by atoms with van der Waals surface area (Å²) in [6.07, 6.45) is 2.88. The van der Waals surface area contributed by atoms with E-state index >= 15 is 0 Å². The molecule has 2 aromatic rings. The van der Waals surface area contributed by atoms with Crippen LogP contribution < -0.4 is 0 Å². The van der Waals surface area contributed by atoms with Gasteiger partial charge in [-0.1, -0.05) is 35.4 Å². The molecule has 0 aliphatic carbocycles. The second-order valence-electron chi connectivity index (χ2n) is 8.32. The van der Waals surface area contributed by atoms with Gasteiger partial charge < -0.3 is 4.90 Å². The van der Waals surface area contributed by atoms with Gasteiger partial charge in [-0.2, -0.15) is 0 Å². The lowest BCUT2D eigenvalue weighted by atomic mass is 10.2. The van der Waals surface area contributed by atoms with Gasteiger partial charge >= 0.3 is 0 Å². The van der Waals surface area contributed by atoms with E-state index in [9.17, 15) is 21.6 Å². The zero-order valence-electron chi connectivity index (χ0n) is 18.6. The van der Waals surface area contributed by atoms with Gasteiger partial charge in [0, 0.05) is 19.2 Å². The molecule has 2 saturated heterocycles. The predicted octanol–water partition coefficient (Wildman–Crippen LogP) is 2.46. The number of benzene rings is 2. The average Bonchev–Trinajstić information content (AvgIpc) is 3.45. The van der Waals surface area contributed by atoms with E-state index in [0.29, 0.717) is 13.1 Å². The highest BCUT2D eigenvalue weighted by atomic mass is 32.2. The Morgan fingerprint density at radius 1 is 0.697 bits per heavy atom. The first kappa shape index (κ1) is 23.3. The molecule has 1 amide bonds. The monoisotopic (exact) mass is 489 g/mol. The second-order valence-corrected chi connectivity index (χ2v) is 12.0. The third-order valence-electron chi connectivity index (χ3n) is 5.91. The Balaban J connectivity index is 1.78. The summed E-state index contributed by atoms with van der Waals surface area (Å²) in [6.45, 7) is 4.67. The van der Waals surface area contributed by atoms with Crippen LogP contribution in [0.25, 0.3) is 0 Å². The molecule has 0 atom stereocenters. The van der Waals surface area contributed by atoms with Crippen LogP contribution in [-0.2, 0) is 24.8 Å². The van der Waals surface area contributed by atoms with Crippen LogP contribution in [0.2, 0.25) is 0 Å². The van der Waals surface area contributed by atoms with Crippen molar-refractivity contribution in [1.82, 2.24) is 13.5 Å². The quantitative estimate of drug-likeness (QED) is 0.602. The number of carbonyl (C=O) groups excluding carboxylic acids is 1. The van der Waals surface area contributed by atoms with Crippen LogP contribution in [0.3, 0.4) is 0 Å². The number of carbonyl (C=O) groups is 1. The maximum absolute atomic E-state index is 13.5. The zero-order valence-corrected chi connectivity index (χ0v) is 20.3. The average molecular weight is 490 g/mol. The largest absolute Gasteiger partial charge is 0.339 e. The van der Waals surface area contributed by atoms with Crippen molar-refractivity contribution in [2.75, 3.05) is 26.2 Å². The minimum Gasteiger partial charge on any atom is -0.339 e. The molecule has 0 bridgehead atoms. The van der Waals surface area contributed by atoms with Gasteiger partial charge in [0.1, 0.15) is 5.82 Å². The summed E-state index contributed by atoms with van der Waals surface area (Å²) >= 11 is 0. The Labute approximate surface area is 195 Å². The van der Waals surface area contributed by atoms with Gasteiger partial charge in [-0.15, -0.1) is 0 Å². The van der Waals surface area contributed by atoms with Gasteiger partial charge in [0.05, 0.1) is 22.9 Å². The first-order valence-corrected chi connectivity index (χ1v) is 13.7. The lowest BCUT2D eigenvalue weighted by Gasteiger charge is -2.25. The molecule has 33 heavy (non-hydrogen) atoms. The van der Waals surface area contributed by atoms with Gasteiger partial charge in [-0.05, 0) is 51.0 Å². The van der Waals surface area contributed by atoms with Crippen molar-refractivity contribution in [3.63, 3.8) is 0 Å². The van der Waals surface area contributed by atoms with Gasteiger partial charge in [0.25, 0.3) is 20.0 Å². The normalized spacial score (nSPS) is 17.0. The van der Waals surface area contributed by atoms with Crippen molar-refractivity contribution in [1.29, 1.82) is 0 Å². The smallest absolute Gasteiger partial charge is 0.265 e. The van der Waals surface area contributed by atoms with E-state index < -0.39 is 26.0 Å². The fourth-order valence-corrected chi connectivity index (χ4v) is 6.94. The number of amides is 1. The van der Waals surface area contributed by atoms with Crippen LogP contribution in [0.1, 0.15) is 24.0 Å². The molecule has 0 radical (unpaired) electrons. The van der Waals surface area contributed by atoms with Crippen LogP contribution >= 0.6 is 0 Å². The fraction of sp³-hybridized carbons (Fsp3) is 0.348. The van der Waals surface area contributed by atoms with Crippen molar-refractivity contribution in [3.05, 3.63) is 71.6 Å². The molecule has 0 N–H and O–H groups in total. The number of rotatable bonds is 5. The summed E-state index contributed by atoms with van der Waals surface area (Å²) in [5, 5.41) is 0. The number of hydrogen-bond donors (Lipinski definition) is 0. The van der Waals surface area contributed by atoms with Crippen molar-refractivity contribution >= 4 is 26.0 Å². The SMILES string of the molecule is Cc1ccc(S(=O)(=O)N2CCN(S(=O)(=O)c3ccc(C)cc3)C2=CC(=O)N2CCCC2)cc1. The van der Waals surface area contributed by atoms with Crippen LogP contribution in [0.5, 0.6) is 0 Å². The Kier molecular flexibility index (Phi) is 6.24. The molecule has 0 aromatic heterocycles. The van der Waals surface area contributed by atoms with Crippen LogP contribution in [-0.4, -0.2) is 62.4 Å². The van der Waals surface area contributed by atoms with Crippen molar-refractivity contribution in [3.8, 4) is 0 Å². The van der Waals surface area contributed by atoms with Gasteiger partial charge in [0.2, 0.25) is 5.91 Å².